The minimum atomic E-state index is -1.22. The van der Waals surface area contributed by atoms with Gasteiger partial charge in [0.2, 0.25) is 11.8 Å². The topological polar surface area (TPSA) is 105 Å². The van der Waals surface area contributed by atoms with Crippen LogP contribution in [0.4, 0.5) is 0 Å². The van der Waals surface area contributed by atoms with Crippen LogP contribution in [0.1, 0.15) is 31.0 Å². The fourth-order valence-electron chi connectivity index (χ4n) is 1.96. The van der Waals surface area contributed by atoms with Crippen LogP contribution in [0.3, 0.4) is 0 Å². The van der Waals surface area contributed by atoms with Crippen molar-refractivity contribution in [2.75, 3.05) is 6.54 Å². The Kier molecular flexibility index (Phi) is 3.31. The summed E-state index contributed by atoms with van der Waals surface area (Å²) in [4.78, 5) is 26.9. The molecule has 1 saturated carbocycles. The Morgan fingerprint density at radius 1 is 1.50 bits per heavy atom. The Hall–Kier alpha value is -1.92. The van der Waals surface area contributed by atoms with Crippen molar-refractivity contribution in [3.63, 3.8) is 0 Å². The predicted molar refractivity (Wildman–Crippen MR) is 59.7 cm³/mol. The van der Waals surface area contributed by atoms with Crippen LogP contribution in [0.2, 0.25) is 0 Å². The first-order chi connectivity index (χ1) is 8.54. The third kappa shape index (κ3) is 2.20. The van der Waals surface area contributed by atoms with Crippen molar-refractivity contribution < 1.29 is 19.2 Å². The fourth-order valence-corrected chi connectivity index (χ4v) is 1.96. The number of rotatable bonds is 5. The van der Waals surface area contributed by atoms with E-state index in [1.807, 2.05) is 0 Å². The van der Waals surface area contributed by atoms with E-state index in [4.69, 9.17) is 9.63 Å². The first kappa shape index (κ1) is 12.5. The Bertz CT molecular complexity index is 465. The number of hydrogen-bond donors (Lipinski definition) is 2. The summed E-state index contributed by atoms with van der Waals surface area (Å²) in [6.45, 7) is 2.01. The van der Waals surface area contributed by atoms with Crippen molar-refractivity contribution >= 4 is 11.9 Å². The molecule has 0 radical (unpaired) electrons. The highest BCUT2D eigenvalue weighted by Crippen LogP contribution is 2.41. The van der Waals surface area contributed by atoms with Gasteiger partial charge in [0, 0.05) is 13.0 Å². The summed E-state index contributed by atoms with van der Waals surface area (Å²) in [7, 11) is 0. The Balaban J connectivity index is 1.83. The summed E-state index contributed by atoms with van der Waals surface area (Å²) in [5.41, 5.74) is -1.22. The highest BCUT2D eigenvalue weighted by molar-refractivity contribution is 6.02. The molecular weight excluding hydrogens is 238 g/mol. The largest absolute Gasteiger partial charge is 0.480 e. The second kappa shape index (κ2) is 4.75. The molecule has 1 aliphatic carbocycles. The van der Waals surface area contributed by atoms with Gasteiger partial charge >= 0.3 is 5.97 Å². The normalized spacial score (nSPS) is 16.9. The maximum atomic E-state index is 11.8. The van der Waals surface area contributed by atoms with E-state index in [-0.39, 0.29) is 0 Å². The van der Waals surface area contributed by atoms with Gasteiger partial charge < -0.3 is 14.9 Å². The highest BCUT2D eigenvalue weighted by atomic mass is 16.5. The minimum absolute atomic E-state index is 0.301. The van der Waals surface area contributed by atoms with Crippen LogP contribution in [0.15, 0.2) is 4.52 Å². The van der Waals surface area contributed by atoms with Crippen LogP contribution in [0, 0.1) is 12.3 Å². The maximum absolute atomic E-state index is 11.8. The van der Waals surface area contributed by atoms with Gasteiger partial charge in [0.1, 0.15) is 5.41 Å². The quantitative estimate of drug-likeness (QED) is 0.731. The van der Waals surface area contributed by atoms with Gasteiger partial charge in [-0.2, -0.15) is 4.98 Å². The van der Waals surface area contributed by atoms with E-state index in [0.29, 0.717) is 37.5 Å². The zero-order valence-corrected chi connectivity index (χ0v) is 10.1. The molecule has 1 aromatic rings. The van der Waals surface area contributed by atoms with Crippen molar-refractivity contribution in [3.8, 4) is 0 Å². The van der Waals surface area contributed by atoms with Crippen LogP contribution < -0.4 is 5.32 Å². The summed E-state index contributed by atoms with van der Waals surface area (Å²) in [5.74, 6) is -0.486. The lowest BCUT2D eigenvalue weighted by Crippen LogP contribution is -2.51. The van der Waals surface area contributed by atoms with Crippen molar-refractivity contribution in [2.24, 2.45) is 5.41 Å². The predicted octanol–water partition coefficient (Wildman–Crippen LogP) is 0.292. The Morgan fingerprint density at radius 2 is 2.22 bits per heavy atom. The van der Waals surface area contributed by atoms with E-state index in [9.17, 15) is 9.59 Å². The third-order valence-corrected chi connectivity index (χ3v) is 3.25. The molecule has 0 spiro atoms. The molecule has 0 aliphatic heterocycles. The Labute approximate surface area is 104 Å². The lowest BCUT2D eigenvalue weighted by atomic mass is 9.68. The average molecular weight is 253 g/mol. The smallest absolute Gasteiger partial charge is 0.319 e. The van der Waals surface area contributed by atoms with Gasteiger partial charge in [-0.3, -0.25) is 9.59 Å². The molecule has 1 heterocycles. The summed E-state index contributed by atoms with van der Waals surface area (Å²) < 4.78 is 4.89. The van der Waals surface area contributed by atoms with Crippen LogP contribution in [0.25, 0.3) is 0 Å². The summed E-state index contributed by atoms with van der Waals surface area (Å²) in [6.07, 6.45) is 2.01. The molecule has 98 valence electrons. The molecule has 1 amide bonds. The second-order valence-corrected chi connectivity index (χ2v) is 4.48. The molecule has 1 aromatic heterocycles. The van der Waals surface area contributed by atoms with Crippen LogP contribution in [-0.2, 0) is 16.0 Å². The molecule has 7 heteroatoms. The van der Waals surface area contributed by atoms with Gasteiger partial charge in [-0.15, -0.1) is 0 Å². The molecule has 0 bridgehead atoms. The lowest BCUT2D eigenvalue weighted by molar-refractivity contribution is -0.162. The number of aliphatic carboxylic acids is 1. The molecular formula is C11H15N3O4. The summed E-state index contributed by atoms with van der Waals surface area (Å²) >= 11 is 0. The van der Waals surface area contributed by atoms with Crippen LogP contribution >= 0.6 is 0 Å². The van der Waals surface area contributed by atoms with Crippen molar-refractivity contribution in [3.05, 3.63) is 11.7 Å². The molecule has 1 fully saturated rings. The SMILES string of the molecule is Cc1noc(CCNC(=O)C2(C(=O)O)CCC2)n1. The van der Waals surface area contributed by atoms with Gasteiger partial charge in [0.05, 0.1) is 0 Å². The average Bonchev–Trinajstić information content (AvgIpc) is 2.61. The van der Waals surface area contributed by atoms with Crippen LogP contribution in [-0.4, -0.2) is 33.7 Å². The van der Waals surface area contributed by atoms with Crippen molar-refractivity contribution in [1.82, 2.24) is 15.5 Å². The van der Waals surface area contributed by atoms with E-state index in [0.717, 1.165) is 6.42 Å². The summed E-state index contributed by atoms with van der Waals surface area (Å²) in [5, 5.41) is 15.3. The fraction of sp³-hybridized carbons (Fsp3) is 0.636. The first-order valence-electron chi connectivity index (χ1n) is 5.85. The molecule has 1 aliphatic rings. The van der Waals surface area contributed by atoms with Gasteiger partial charge in [-0.05, 0) is 19.8 Å². The van der Waals surface area contributed by atoms with Crippen molar-refractivity contribution in [2.45, 2.75) is 32.6 Å². The number of carbonyl (C=O) groups is 2. The molecule has 18 heavy (non-hydrogen) atoms. The number of amides is 1. The standard InChI is InChI=1S/C11H15N3O4/c1-7-13-8(18-14-7)3-6-12-9(15)11(10(16)17)4-2-5-11/h2-6H2,1H3,(H,12,15)(H,16,17). The van der Waals surface area contributed by atoms with E-state index in [2.05, 4.69) is 15.5 Å². The number of hydrogen-bond acceptors (Lipinski definition) is 5. The number of carboxylic acids is 1. The van der Waals surface area contributed by atoms with Gasteiger partial charge in [0.25, 0.3) is 0 Å². The Morgan fingerprint density at radius 3 is 2.67 bits per heavy atom. The van der Waals surface area contributed by atoms with E-state index in [1.165, 1.54) is 0 Å². The number of aromatic nitrogens is 2. The second-order valence-electron chi connectivity index (χ2n) is 4.48. The van der Waals surface area contributed by atoms with Gasteiger partial charge in [-0.25, -0.2) is 0 Å². The lowest BCUT2D eigenvalue weighted by Gasteiger charge is -2.35. The van der Waals surface area contributed by atoms with Crippen molar-refractivity contribution in [1.29, 1.82) is 0 Å². The maximum Gasteiger partial charge on any atom is 0.319 e. The number of nitrogens with one attached hydrogen (secondary N) is 1. The van der Waals surface area contributed by atoms with E-state index >= 15 is 0 Å². The monoisotopic (exact) mass is 253 g/mol. The highest BCUT2D eigenvalue weighted by Gasteiger charge is 2.50. The number of carbonyl (C=O) groups excluding carboxylic acids is 1. The number of nitrogens with zero attached hydrogens (tertiary/aromatic N) is 2. The van der Waals surface area contributed by atoms with E-state index < -0.39 is 17.3 Å². The third-order valence-electron chi connectivity index (χ3n) is 3.25. The molecule has 0 aromatic carbocycles. The molecule has 0 atom stereocenters. The molecule has 0 saturated heterocycles. The van der Waals surface area contributed by atoms with Gasteiger partial charge in [0.15, 0.2) is 5.82 Å². The molecule has 2 N–H and O–H groups in total. The van der Waals surface area contributed by atoms with Crippen LogP contribution in [0.5, 0.6) is 0 Å². The first-order valence-corrected chi connectivity index (χ1v) is 5.85. The van der Waals surface area contributed by atoms with E-state index in [1.54, 1.807) is 6.92 Å². The number of aryl methyl sites for hydroxylation is 1. The molecule has 2 rings (SSSR count). The number of carboxylic acid groups (broad SMARTS) is 1. The van der Waals surface area contributed by atoms with Gasteiger partial charge in [-0.1, -0.05) is 11.6 Å². The molecule has 7 nitrogen and oxygen atoms in total. The summed E-state index contributed by atoms with van der Waals surface area (Å²) in [6, 6.07) is 0. The minimum Gasteiger partial charge on any atom is -0.480 e. The zero-order valence-electron chi connectivity index (χ0n) is 10.1. The zero-order chi connectivity index (χ0) is 13.2. The molecule has 0 unspecified atom stereocenters.